The number of hydrogen-bond acceptors (Lipinski definition) is 26. The summed E-state index contributed by atoms with van der Waals surface area (Å²) < 4.78 is 0. The fraction of sp³-hybridized carbons (Fsp3) is 0.604. The minimum absolute atomic E-state index is 0.0531. The van der Waals surface area contributed by atoms with Gasteiger partial charge < -0.3 is 142 Å². The second-order valence-electron chi connectivity index (χ2n) is 36.9. The van der Waals surface area contributed by atoms with Gasteiger partial charge in [0.05, 0.1) is 31.6 Å². The highest BCUT2D eigenvalue weighted by molar-refractivity contribution is 6.03. The van der Waals surface area contributed by atoms with Gasteiger partial charge in [0.15, 0.2) is 0 Å². The molecule has 5 rings (SSSR count). The van der Waals surface area contributed by atoms with Crippen LogP contribution in [0.25, 0.3) is 10.9 Å². The number of H-pyrrole nitrogens is 1. The molecule has 3 heterocycles. The zero-order valence-electron chi connectivity index (χ0n) is 80.7. The molecule has 2 fully saturated rings. The number of amides is 19. The van der Waals surface area contributed by atoms with E-state index in [-0.39, 0.29) is 94.9 Å². The maximum absolute atomic E-state index is 14.9. The molecule has 1 aromatic heterocycles. The van der Waals surface area contributed by atoms with Crippen LogP contribution in [-0.4, -0.2) is 310 Å². The molecule has 0 unspecified atom stereocenters. The Kier molecular flexibility index (Phi) is 46.2. The van der Waals surface area contributed by atoms with Crippen molar-refractivity contribution in [3.8, 4) is 5.75 Å². The van der Waals surface area contributed by atoms with E-state index in [1.807, 2.05) is 0 Å². The van der Waals surface area contributed by atoms with E-state index in [4.69, 9.17) is 17.2 Å². The fourth-order valence-electron chi connectivity index (χ4n) is 15.6. The van der Waals surface area contributed by atoms with Crippen molar-refractivity contribution in [1.82, 2.24) is 94.5 Å². The molecule has 2 saturated heterocycles. The Labute approximate surface area is 808 Å². The molecular formula is C91H137N21O28. The molecule has 0 spiro atoms. The third-order valence-electron chi connectivity index (χ3n) is 22.9. The molecule has 0 radical (unpaired) electrons. The van der Waals surface area contributed by atoms with Crippen molar-refractivity contribution in [2.45, 2.75) is 308 Å². The molecular weight excluding hydrogens is 1840 g/mol. The van der Waals surface area contributed by atoms with E-state index >= 15 is 0 Å². The molecule has 3 aromatic rings. The van der Waals surface area contributed by atoms with Gasteiger partial charge in [-0.25, -0.2) is 4.79 Å². The van der Waals surface area contributed by atoms with Gasteiger partial charge in [0.1, 0.15) is 108 Å². The number of nitrogens with two attached hydrogens (primary N) is 3. The first-order valence-electron chi connectivity index (χ1n) is 46.4. The van der Waals surface area contributed by atoms with Crippen LogP contribution in [-0.2, 0) is 118 Å². The van der Waals surface area contributed by atoms with E-state index in [0.29, 0.717) is 22.0 Å². The zero-order chi connectivity index (χ0) is 105. The van der Waals surface area contributed by atoms with Crippen LogP contribution in [0.5, 0.6) is 5.75 Å². The molecule has 2 aliphatic heterocycles. The number of aliphatic carboxylic acids is 3. The first-order chi connectivity index (χ1) is 65.6. The third kappa shape index (κ3) is 37.4. The predicted octanol–water partition coefficient (Wildman–Crippen LogP) is -5.56. The number of carbonyl (C=O) groups excluding carboxylic acids is 19. The molecule has 140 heavy (non-hydrogen) atoms. The Morgan fingerprint density at radius 3 is 1.26 bits per heavy atom. The molecule has 774 valence electrons. The van der Waals surface area contributed by atoms with Crippen LogP contribution in [0.15, 0.2) is 54.7 Å². The molecule has 19 atom stereocenters. The highest BCUT2D eigenvalue weighted by Gasteiger charge is 2.45. The van der Waals surface area contributed by atoms with Gasteiger partial charge in [-0.05, 0) is 152 Å². The van der Waals surface area contributed by atoms with Crippen LogP contribution in [0, 0.1) is 23.7 Å². The number of carbonyl (C=O) groups is 22. The van der Waals surface area contributed by atoms with E-state index in [2.05, 4.69) is 84.7 Å². The SMILES string of the molecule is CC(C)C[C@H](NC(=O)[C@H](Cc1c[nH]c2ccccc12)NC(=O)[C@H](Cc1ccc(O)cc1)NC(=O)[C@H](C)NC(=O)[C@H](C)NC(=O)[C@H](C)N)C(=O)N[C@@H](C)C(=O)N[C@H](C(=O)N[C@@H](CC(C)C)C(=O)N[C@@H](CCC(N)=O)C(=O)N1CCC[C@H]1C(=O)N[C@@H](CO)C(=O)N[C@@H](CC(=O)O)C(=O)N[C@@H](CC(C)C)C(=O)N1CCC[C@H]1C(=O)N[C@@H](CCC(=O)O)C(=O)N[C@@H](CC(C)C)C(=O)N[C@@H](CC(N)=O)C(=O)O)[C@@H](C)O. The number of carboxylic acids is 3. The van der Waals surface area contributed by atoms with Crippen LogP contribution >= 0.6 is 0 Å². The van der Waals surface area contributed by atoms with Gasteiger partial charge in [-0.1, -0.05) is 85.7 Å². The number of aliphatic hydroxyl groups excluding tert-OH is 2. The smallest absolute Gasteiger partial charge is 0.326 e. The van der Waals surface area contributed by atoms with Crippen molar-refractivity contribution >= 4 is 141 Å². The van der Waals surface area contributed by atoms with Crippen molar-refractivity contribution in [2.75, 3.05) is 19.7 Å². The number of nitrogens with one attached hydrogen (secondary N) is 16. The number of aromatic nitrogens is 1. The van der Waals surface area contributed by atoms with Gasteiger partial charge in [-0.15, -0.1) is 0 Å². The number of para-hydroxylation sites is 1. The van der Waals surface area contributed by atoms with Crippen molar-refractivity contribution < 1.29 is 136 Å². The Hall–Kier alpha value is -14.0. The number of phenols is 1. The summed E-state index contributed by atoms with van der Waals surface area (Å²) in [6.07, 6.45) is -5.45. The van der Waals surface area contributed by atoms with E-state index in [1.54, 1.807) is 85.9 Å². The number of primary amides is 2. The normalized spacial score (nSPS) is 17.2. The molecule has 0 bridgehead atoms. The summed E-state index contributed by atoms with van der Waals surface area (Å²) in [7, 11) is 0. The summed E-state index contributed by atoms with van der Waals surface area (Å²) in [5, 5.41) is 98.6. The first kappa shape index (κ1) is 116. The average Bonchev–Trinajstić information content (AvgIpc) is 1.64. The van der Waals surface area contributed by atoms with Gasteiger partial charge in [0, 0.05) is 55.9 Å². The Morgan fingerprint density at radius 1 is 0.393 bits per heavy atom. The number of likely N-dealkylation sites (tertiary alicyclic amines) is 2. The largest absolute Gasteiger partial charge is 0.508 e. The van der Waals surface area contributed by atoms with Crippen LogP contribution in [0.3, 0.4) is 0 Å². The molecule has 28 N–H and O–H groups in total. The lowest BCUT2D eigenvalue weighted by atomic mass is 9.99. The summed E-state index contributed by atoms with van der Waals surface area (Å²) in [6, 6.07) is -15.5. The minimum Gasteiger partial charge on any atom is -0.508 e. The highest BCUT2D eigenvalue weighted by Crippen LogP contribution is 2.26. The predicted molar refractivity (Wildman–Crippen MR) is 499 cm³/mol. The highest BCUT2D eigenvalue weighted by atomic mass is 16.4. The molecule has 0 saturated carbocycles. The molecule has 49 nitrogen and oxygen atoms in total. The van der Waals surface area contributed by atoms with Crippen LogP contribution in [0.4, 0.5) is 0 Å². The second-order valence-corrected chi connectivity index (χ2v) is 36.9. The average molecular weight is 1970 g/mol. The molecule has 0 aliphatic carbocycles. The minimum atomic E-state index is -2.07. The number of aromatic hydroxyl groups is 1. The second kappa shape index (κ2) is 55.6. The molecule has 49 heteroatoms. The number of phenolic OH excluding ortho intramolecular Hbond substituents is 1. The van der Waals surface area contributed by atoms with Gasteiger partial charge in [0.25, 0.3) is 0 Å². The van der Waals surface area contributed by atoms with E-state index < -0.39 is 302 Å². The number of hydrogen-bond donors (Lipinski definition) is 25. The van der Waals surface area contributed by atoms with Gasteiger partial charge in [-0.2, -0.15) is 0 Å². The van der Waals surface area contributed by atoms with Crippen molar-refractivity contribution in [3.05, 3.63) is 65.9 Å². The van der Waals surface area contributed by atoms with E-state index in [0.717, 1.165) is 16.7 Å². The monoisotopic (exact) mass is 1970 g/mol. The number of fused-ring (bicyclic) bond motifs is 1. The van der Waals surface area contributed by atoms with Crippen LogP contribution in [0.2, 0.25) is 0 Å². The van der Waals surface area contributed by atoms with Crippen molar-refractivity contribution in [1.29, 1.82) is 0 Å². The number of nitrogens with zero attached hydrogens (tertiary/aromatic N) is 2. The summed E-state index contributed by atoms with van der Waals surface area (Å²) in [4.78, 5) is 306. The Morgan fingerprint density at radius 2 is 0.779 bits per heavy atom. The van der Waals surface area contributed by atoms with Crippen molar-refractivity contribution in [3.63, 3.8) is 0 Å². The Balaban J connectivity index is 1.30. The maximum Gasteiger partial charge on any atom is 0.326 e. The number of aliphatic hydroxyl groups is 2. The number of rotatable bonds is 57. The van der Waals surface area contributed by atoms with Crippen molar-refractivity contribution in [2.24, 2.45) is 40.9 Å². The number of benzene rings is 2. The van der Waals surface area contributed by atoms with Gasteiger partial charge >= 0.3 is 17.9 Å². The lowest BCUT2D eigenvalue weighted by Crippen LogP contribution is -2.62. The lowest BCUT2D eigenvalue weighted by Gasteiger charge is -2.32. The summed E-state index contributed by atoms with van der Waals surface area (Å²) in [5.41, 5.74) is 18.0. The lowest BCUT2D eigenvalue weighted by molar-refractivity contribution is -0.144. The summed E-state index contributed by atoms with van der Waals surface area (Å²) in [5.74, 6) is -25.6. The zero-order valence-corrected chi connectivity index (χ0v) is 80.7. The van der Waals surface area contributed by atoms with Gasteiger partial charge in [-0.3, -0.25) is 101 Å². The Bertz CT molecular complexity index is 4930. The molecule has 19 amide bonds. The van der Waals surface area contributed by atoms with Crippen LogP contribution in [0.1, 0.15) is 191 Å². The topological polar surface area (TPSA) is 778 Å². The summed E-state index contributed by atoms with van der Waals surface area (Å²) >= 11 is 0. The quantitative estimate of drug-likeness (QED) is 0.0251. The molecule has 2 aliphatic rings. The third-order valence-corrected chi connectivity index (χ3v) is 22.9. The maximum atomic E-state index is 14.9. The van der Waals surface area contributed by atoms with Gasteiger partial charge in [0.2, 0.25) is 112 Å². The standard InChI is InChI=1S/C91H137N21O28/c1-42(2)32-58(103-83(131)62(37-52-40-95-55-19-15-14-18-54(52)55)104-82(130)61(36-51-22-24-53(115)25-23-51)101-76(124)48(11)97-75(123)47(10)96-74(122)46(9)92)79(127)98-49(12)77(125)110-73(50(13)114)88(136)106-60(34-44(5)6)80(128)100-57(26-28-69(93)116)89(137)111-30-16-21-68(111)87(135)109-66(41-113)85(133)105-63(39-72(120)121)84(132)107-64(35-45(7)8)90(138)112-31-17-20-67(112)86(134)99-56(27-29-71(118)119)78(126)102-59(33-43(3)4)81(129)108-65(91(139)140)38-70(94)117/h14-15,18-19,22-25,40,42-50,56-68,73,95,113-115H,16-17,20-21,26-39,41,92H2,1-13H3,(H2,93,116)(H2,94,117)(H,96,122)(H,97,123)(H,98,127)(H,99,134)(H,100,128)(H,101,124)(H,102,126)(H,103,131)(H,104,130)(H,105,133)(H,106,136)(H,107,132)(H,108,129)(H,109,135)(H,110,125)(H,118,119)(H,120,121)(H,139,140)/t46-,47-,48-,49-,50+,56-,57-,58-,59-,60-,61-,62-,63-,64-,65-,66-,67-,68-,73-/m0/s1. The fourth-order valence-corrected chi connectivity index (χ4v) is 15.6. The van der Waals surface area contributed by atoms with E-state index in [9.17, 15) is 136 Å². The number of carboxylic acid groups (broad SMARTS) is 3. The number of aromatic amines is 1. The first-order valence-corrected chi connectivity index (χ1v) is 46.4. The van der Waals surface area contributed by atoms with Crippen LogP contribution < -0.4 is 97.0 Å². The summed E-state index contributed by atoms with van der Waals surface area (Å²) in [6.45, 7) is 18.2. The van der Waals surface area contributed by atoms with E-state index in [1.165, 1.54) is 52.0 Å². The molecule has 2 aromatic carbocycles.